The van der Waals surface area contributed by atoms with Gasteiger partial charge >= 0.3 is 5.97 Å². The molecule has 3 heterocycles. The van der Waals surface area contributed by atoms with Crippen LogP contribution < -0.4 is 5.32 Å². The number of hydrogen-bond acceptors (Lipinski definition) is 5. The molecule has 2 aromatic heterocycles. The molecule has 0 saturated carbocycles. The molecule has 2 atom stereocenters. The van der Waals surface area contributed by atoms with Gasteiger partial charge in [0.2, 0.25) is 0 Å². The second-order valence-corrected chi connectivity index (χ2v) is 8.35. The molecule has 4 rings (SSSR count). The predicted octanol–water partition coefficient (Wildman–Crippen LogP) is 3.19. The Morgan fingerprint density at radius 1 is 1.19 bits per heavy atom. The van der Waals surface area contributed by atoms with Crippen molar-refractivity contribution in [3.8, 4) is 5.69 Å². The zero-order valence-electron chi connectivity index (χ0n) is 18.4. The molecule has 0 amide bonds. The van der Waals surface area contributed by atoms with Crippen LogP contribution in [0.2, 0.25) is 0 Å². The van der Waals surface area contributed by atoms with Crippen LogP contribution in [0.5, 0.6) is 0 Å². The number of pyridine rings is 1. The first kappa shape index (κ1) is 22.0. The van der Waals surface area contributed by atoms with Crippen LogP contribution in [0.4, 0.5) is 0 Å². The molecule has 1 aliphatic heterocycles. The van der Waals surface area contributed by atoms with Crippen LogP contribution in [-0.2, 0) is 4.74 Å². The fourth-order valence-electron chi connectivity index (χ4n) is 4.05. The largest absolute Gasteiger partial charge is 0.465 e. The number of methoxy groups -OCH3 is 1. The van der Waals surface area contributed by atoms with Crippen molar-refractivity contribution in [2.24, 2.45) is 0 Å². The molecule has 0 unspecified atom stereocenters. The van der Waals surface area contributed by atoms with E-state index in [2.05, 4.69) is 44.8 Å². The number of nitrogens with one attached hydrogen (secondary N) is 1. The molecule has 1 aromatic carbocycles. The van der Waals surface area contributed by atoms with Gasteiger partial charge < -0.3 is 24.4 Å². The van der Waals surface area contributed by atoms with Crippen molar-refractivity contribution in [1.29, 1.82) is 0 Å². The molecule has 166 valence electrons. The van der Waals surface area contributed by atoms with Crippen LogP contribution >= 0.6 is 12.2 Å². The molecule has 8 heteroatoms. The van der Waals surface area contributed by atoms with Gasteiger partial charge in [0.15, 0.2) is 5.11 Å². The molecule has 0 radical (unpaired) electrons. The SMILES string of the molecule is COC(=O)c1cccc(-n2cccc2[C@H]2[C@@H](c3ccccn3)NC(=S)N2CCN(C)C)c1. The van der Waals surface area contributed by atoms with Crippen molar-refractivity contribution in [2.75, 3.05) is 34.3 Å². The first-order valence-corrected chi connectivity index (χ1v) is 10.9. The Kier molecular flexibility index (Phi) is 6.53. The quantitative estimate of drug-likeness (QED) is 0.439. The molecule has 0 bridgehead atoms. The Bertz CT molecular complexity index is 1100. The summed E-state index contributed by atoms with van der Waals surface area (Å²) in [4.78, 5) is 21.1. The molecule has 7 nitrogen and oxygen atoms in total. The van der Waals surface area contributed by atoms with E-state index in [0.29, 0.717) is 10.7 Å². The average Bonchev–Trinajstić information content (AvgIpc) is 3.42. The van der Waals surface area contributed by atoms with Gasteiger partial charge in [-0.1, -0.05) is 12.1 Å². The molecule has 1 N–H and O–H groups in total. The fourth-order valence-corrected chi connectivity index (χ4v) is 4.38. The van der Waals surface area contributed by atoms with E-state index in [1.165, 1.54) is 7.11 Å². The van der Waals surface area contributed by atoms with E-state index in [1.807, 2.05) is 48.7 Å². The van der Waals surface area contributed by atoms with Crippen LogP contribution in [0, 0.1) is 0 Å². The summed E-state index contributed by atoms with van der Waals surface area (Å²) in [7, 11) is 5.50. The first-order valence-electron chi connectivity index (χ1n) is 10.5. The standard InChI is InChI=1S/C24H27N5O2S/c1-27(2)14-15-29-22(21(26-24(29)32)19-10-4-5-12-25-19)20-11-7-13-28(20)18-9-6-8-17(16-18)23(30)31-3/h4-13,16,21-22H,14-15H2,1-3H3,(H,26,32)/t21-,22+/m1/s1. The Labute approximate surface area is 193 Å². The smallest absolute Gasteiger partial charge is 0.337 e. The zero-order chi connectivity index (χ0) is 22.7. The minimum absolute atomic E-state index is 0.0610. The summed E-state index contributed by atoms with van der Waals surface area (Å²) < 4.78 is 7.01. The molecule has 0 aliphatic carbocycles. The van der Waals surface area contributed by atoms with Crippen molar-refractivity contribution in [3.05, 3.63) is 83.9 Å². The summed E-state index contributed by atoms with van der Waals surface area (Å²) >= 11 is 5.75. The maximum absolute atomic E-state index is 12.1. The number of benzene rings is 1. The first-order chi connectivity index (χ1) is 15.5. The van der Waals surface area contributed by atoms with E-state index in [9.17, 15) is 4.79 Å². The van der Waals surface area contributed by atoms with Crippen molar-refractivity contribution in [3.63, 3.8) is 0 Å². The summed E-state index contributed by atoms with van der Waals surface area (Å²) in [5, 5.41) is 4.20. The van der Waals surface area contributed by atoms with Gasteiger partial charge in [-0.15, -0.1) is 0 Å². The normalized spacial score (nSPS) is 18.1. The third-order valence-electron chi connectivity index (χ3n) is 5.61. The minimum Gasteiger partial charge on any atom is -0.465 e. The average molecular weight is 450 g/mol. The number of thiocarbonyl (C=S) groups is 1. The molecule has 1 aliphatic rings. The number of carbonyl (C=O) groups excluding carboxylic acids is 1. The van der Waals surface area contributed by atoms with Gasteiger partial charge in [0.1, 0.15) is 0 Å². The van der Waals surface area contributed by atoms with Gasteiger partial charge in [-0.3, -0.25) is 4.98 Å². The minimum atomic E-state index is -0.358. The summed E-state index contributed by atoms with van der Waals surface area (Å²) in [5.74, 6) is -0.358. The Balaban J connectivity index is 1.77. The predicted molar refractivity (Wildman–Crippen MR) is 128 cm³/mol. The lowest BCUT2D eigenvalue weighted by atomic mass is 10.0. The summed E-state index contributed by atoms with van der Waals surface area (Å²) in [6.07, 6.45) is 3.81. The van der Waals surface area contributed by atoms with Gasteiger partial charge in [-0.2, -0.15) is 0 Å². The lowest BCUT2D eigenvalue weighted by Crippen LogP contribution is -2.36. The fraction of sp³-hybridized carbons (Fsp3) is 0.292. The highest BCUT2D eigenvalue weighted by Gasteiger charge is 2.41. The Morgan fingerprint density at radius 2 is 2.03 bits per heavy atom. The Morgan fingerprint density at radius 3 is 2.75 bits per heavy atom. The van der Waals surface area contributed by atoms with Gasteiger partial charge in [-0.25, -0.2) is 4.79 Å². The van der Waals surface area contributed by atoms with Crippen molar-refractivity contribution >= 4 is 23.3 Å². The molecule has 32 heavy (non-hydrogen) atoms. The Hall–Kier alpha value is -3.23. The van der Waals surface area contributed by atoms with Gasteiger partial charge in [0, 0.05) is 36.9 Å². The van der Waals surface area contributed by atoms with Crippen LogP contribution in [0.3, 0.4) is 0 Å². The van der Waals surface area contributed by atoms with Crippen molar-refractivity contribution in [1.82, 2.24) is 24.7 Å². The number of likely N-dealkylation sites (N-methyl/N-ethyl adjacent to an activating group) is 1. The molecule has 1 fully saturated rings. The molecule has 0 spiro atoms. The van der Waals surface area contributed by atoms with Gasteiger partial charge in [-0.05, 0) is 68.8 Å². The van der Waals surface area contributed by atoms with Crippen molar-refractivity contribution in [2.45, 2.75) is 12.1 Å². The summed E-state index contributed by atoms with van der Waals surface area (Å²) in [6, 6.07) is 17.3. The van der Waals surface area contributed by atoms with Gasteiger partial charge in [0.05, 0.1) is 30.5 Å². The van der Waals surface area contributed by atoms with Crippen LogP contribution in [-0.4, -0.2) is 64.7 Å². The van der Waals surface area contributed by atoms with E-state index < -0.39 is 0 Å². The molecule has 3 aromatic rings. The number of rotatable bonds is 7. The van der Waals surface area contributed by atoms with Crippen LogP contribution in [0.1, 0.15) is 33.8 Å². The van der Waals surface area contributed by atoms with Gasteiger partial charge in [0.25, 0.3) is 0 Å². The number of hydrogen-bond donors (Lipinski definition) is 1. The van der Waals surface area contributed by atoms with E-state index in [0.717, 1.165) is 30.2 Å². The number of carbonyl (C=O) groups is 1. The maximum Gasteiger partial charge on any atom is 0.337 e. The number of nitrogens with zero attached hydrogens (tertiary/aromatic N) is 4. The molecular formula is C24H27N5O2S. The zero-order valence-corrected chi connectivity index (χ0v) is 19.2. The highest BCUT2D eigenvalue weighted by Crippen LogP contribution is 2.39. The van der Waals surface area contributed by atoms with E-state index >= 15 is 0 Å². The topological polar surface area (TPSA) is 62.6 Å². The second-order valence-electron chi connectivity index (χ2n) is 7.97. The summed E-state index contributed by atoms with van der Waals surface area (Å²) in [5.41, 5.74) is 3.39. The lowest BCUT2D eigenvalue weighted by molar-refractivity contribution is 0.0600. The van der Waals surface area contributed by atoms with Crippen molar-refractivity contribution < 1.29 is 9.53 Å². The lowest BCUT2D eigenvalue weighted by Gasteiger charge is -2.29. The number of aromatic nitrogens is 2. The highest BCUT2D eigenvalue weighted by atomic mass is 32.1. The molecular weight excluding hydrogens is 422 g/mol. The maximum atomic E-state index is 12.1. The molecule has 1 saturated heterocycles. The highest BCUT2D eigenvalue weighted by molar-refractivity contribution is 7.80. The third kappa shape index (κ3) is 4.37. The monoisotopic (exact) mass is 449 g/mol. The number of ether oxygens (including phenoxy) is 1. The summed E-state index contributed by atoms with van der Waals surface area (Å²) in [6.45, 7) is 1.64. The van der Waals surface area contributed by atoms with Crippen LogP contribution in [0.25, 0.3) is 5.69 Å². The third-order valence-corrected chi connectivity index (χ3v) is 5.97. The number of esters is 1. The van der Waals surface area contributed by atoms with E-state index in [1.54, 1.807) is 12.3 Å². The van der Waals surface area contributed by atoms with Crippen LogP contribution in [0.15, 0.2) is 67.0 Å². The van der Waals surface area contributed by atoms with E-state index in [4.69, 9.17) is 17.0 Å². The second kappa shape index (κ2) is 9.50. The van der Waals surface area contributed by atoms with E-state index in [-0.39, 0.29) is 18.1 Å².